The number of nitrogens with one attached hydrogen (secondary N) is 1. The predicted octanol–water partition coefficient (Wildman–Crippen LogP) is 3.20. The predicted molar refractivity (Wildman–Crippen MR) is 81.5 cm³/mol. The van der Waals surface area contributed by atoms with Crippen molar-refractivity contribution in [2.24, 2.45) is 5.92 Å². The van der Waals surface area contributed by atoms with Crippen LogP contribution in [0.1, 0.15) is 33.3 Å². The summed E-state index contributed by atoms with van der Waals surface area (Å²) in [5.41, 5.74) is 1.93. The largest absolute Gasteiger partial charge is 0.497 e. The molecule has 4 nitrogen and oxygen atoms in total. The summed E-state index contributed by atoms with van der Waals surface area (Å²) in [7, 11) is 1.65. The standard InChI is InChI=1S/C16H24N2O2/c1-11-8-12-6-7-13(20-5)9-14(12)18(10-11)15(19)17-16(2,3)4/h6-7,9,11H,8,10H2,1-5H3,(H,17,19). The molecule has 20 heavy (non-hydrogen) atoms. The highest BCUT2D eigenvalue weighted by atomic mass is 16.5. The van der Waals surface area contributed by atoms with E-state index in [0.29, 0.717) is 5.92 Å². The zero-order valence-corrected chi connectivity index (χ0v) is 13.0. The number of nitrogens with zero attached hydrogens (tertiary/aromatic N) is 1. The Hall–Kier alpha value is -1.71. The summed E-state index contributed by atoms with van der Waals surface area (Å²) >= 11 is 0. The van der Waals surface area contributed by atoms with Gasteiger partial charge in [-0.15, -0.1) is 0 Å². The Labute approximate surface area is 121 Å². The Kier molecular flexibility index (Phi) is 3.93. The molecule has 1 aromatic rings. The van der Waals surface area contributed by atoms with Crippen LogP contribution in [0.2, 0.25) is 0 Å². The molecule has 0 aromatic heterocycles. The number of hydrogen-bond donors (Lipinski definition) is 1. The molecular weight excluding hydrogens is 252 g/mol. The number of amides is 2. The second kappa shape index (κ2) is 5.35. The van der Waals surface area contributed by atoms with E-state index in [4.69, 9.17) is 4.74 Å². The molecule has 0 aliphatic carbocycles. The van der Waals surface area contributed by atoms with Crippen molar-refractivity contribution >= 4 is 11.7 Å². The Balaban J connectivity index is 2.33. The highest BCUT2D eigenvalue weighted by Gasteiger charge is 2.28. The minimum absolute atomic E-state index is 0.0430. The summed E-state index contributed by atoms with van der Waals surface area (Å²) in [6.07, 6.45) is 0.999. The first-order chi connectivity index (χ1) is 9.30. The fourth-order valence-corrected chi connectivity index (χ4v) is 2.53. The molecule has 1 atom stereocenters. The minimum atomic E-state index is -0.239. The summed E-state index contributed by atoms with van der Waals surface area (Å²) in [6, 6.07) is 5.92. The quantitative estimate of drug-likeness (QED) is 0.855. The van der Waals surface area contributed by atoms with Gasteiger partial charge in [-0.1, -0.05) is 13.0 Å². The molecule has 0 saturated carbocycles. The summed E-state index contributed by atoms with van der Waals surface area (Å²) in [6.45, 7) is 8.88. The normalized spacial score (nSPS) is 18.4. The van der Waals surface area contributed by atoms with Gasteiger partial charge in [0.25, 0.3) is 0 Å². The summed E-state index contributed by atoms with van der Waals surface area (Å²) in [5, 5.41) is 3.03. The summed E-state index contributed by atoms with van der Waals surface area (Å²) in [5.74, 6) is 1.24. The van der Waals surface area contributed by atoms with Gasteiger partial charge in [0, 0.05) is 18.2 Å². The number of hydrogen-bond acceptors (Lipinski definition) is 2. The number of methoxy groups -OCH3 is 1. The first-order valence-electron chi connectivity index (χ1n) is 7.07. The summed E-state index contributed by atoms with van der Waals surface area (Å²) in [4.78, 5) is 14.3. The number of fused-ring (bicyclic) bond motifs is 1. The maximum atomic E-state index is 12.5. The highest BCUT2D eigenvalue weighted by molar-refractivity contribution is 5.94. The molecular formula is C16H24N2O2. The molecule has 4 heteroatoms. The van der Waals surface area contributed by atoms with Crippen molar-refractivity contribution in [1.82, 2.24) is 5.32 Å². The van der Waals surface area contributed by atoms with E-state index in [1.807, 2.05) is 37.8 Å². The number of benzene rings is 1. The van der Waals surface area contributed by atoms with Crippen molar-refractivity contribution in [2.75, 3.05) is 18.6 Å². The third kappa shape index (κ3) is 3.24. The molecule has 0 saturated heterocycles. The highest BCUT2D eigenvalue weighted by Crippen LogP contribution is 2.33. The lowest BCUT2D eigenvalue weighted by molar-refractivity contribution is 0.236. The van der Waals surface area contributed by atoms with Gasteiger partial charge in [-0.3, -0.25) is 4.90 Å². The number of urea groups is 1. The van der Waals surface area contributed by atoms with Gasteiger partial charge in [-0.05, 0) is 44.7 Å². The Morgan fingerprint density at radius 3 is 2.70 bits per heavy atom. The van der Waals surface area contributed by atoms with Crippen LogP contribution in [0.5, 0.6) is 5.75 Å². The molecule has 1 N–H and O–H groups in total. The van der Waals surface area contributed by atoms with Gasteiger partial charge in [0.15, 0.2) is 0 Å². The number of anilines is 1. The van der Waals surface area contributed by atoms with Gasteiger partial charge in [-0.25, -0.2) is 4.79 Å². The van der Waals surface area contributed by atoms with Gasteiger partial charge >= 0.3 is 6.03 Å². The Morgan fingerprint density at radius 2 is 2.10 bits per heavy atom. The van der Waals surface area contributed by atoms with E-state index in [2.05, 4.69) is 18.3 Å². The zero-order valence-electron chi connectivity index (χ0n) is 13.0. The fourth-order valence-electron chi connectivity index (χ4n) is 2.53. The van der Waals surface area contributed by atoms with Crippen LogP contribution in [-0.4, -0.2) is 25.2 Å². The van der Waals surface area contributed by atoms with Gasteiger partial charge in [0.1, 0.15) is 5.75 Å². The maximum absolute atomic E-state index is 12.5. The molecule has 0 radical (unpaired) electrons. The Morgan fingerprint density at radius 1 is 1.40 bits per heavy atom. The van der Waals surface area contributed by atoms with Crippen LogP contribution < -0.4 is 15.0 Å². The first kappa shape index (κ1) is 14.7. The SMILES string of the molecule is COc1ccc2c(c1)N(C(=O)NC(C)(C)C)CC(C)C2. The van der Waals surface area contributed by atoms with Crippen LogP contribution in [0.25, 0.3) is 0 Å². The van der Waals surface area contributed by atoms with Crippen LogP contribution in [-0.2, 0) is 6.42 Å². The molecule has 0 bridgehead atoms. The minimum Gasteiger partial charge on any atom is -0.497 e. The van der Waals surface area contributed by atoms with Crippen LogP contribution in [0.4, 0.5) is 10.5 Å². The van der Waals surface area contributed by atoms with E-state index in [-0.39, 0.29) is 11.6 Å². The van der Waals surface area contributed by atoms with E-state index in [1.54, 1.807) is 7.11 Å². The molecule has 2 amide bonds. The Bertz CT molecular complexity index is 506. The molecule has 0 spiro atoms. The lowest BCUT2D eigenvalue weighted by Crippen LogP contribution is -2.51. The van der Waals surface area contributed by atoms with E-state index in [0.717, 1.165) is 24.4 Å². The average Bonchev–Trinajstić information content (AvgIpc) is 2.35. The molecule has 1 aromatic carbocycles. The van der Waals surface area contributed by atoms with Crippen molar-refractivity contribution in [2.45, 2.75) is 39.7 Å². The zero-order chi connectivity index (χ0) is 14.9. The average molecular weight is 276 g/mol. The van der Waals surface area contributed by atoms with Gasteiger partial charge in [-0.2, -0.15) is 0 Å². The van der Waals surface area contributed by atoms with E-state index in [9.17, 15) is 4.79 Å². The van der Waals surface area contributed by atoms with Gasteiger partial charge in [0.2, 0.25) is 0 Å². The topological polar surface area (TPSA) is 41.6 Å². The number of carbonyl (C=O) groups is 1. The number of rotatable bonds is 1. The van der Waals surface area contributed by atoms with Gasteiger partial charge < -0.3 is 10.1 Å². The monoisotopic (exact) mass is 276 g/mol. The summed E-state index contributed by atoms with van der Waals surface area (Å²) < 4.78 is 5.28. The smallest absolute Gasteiger partial charge is 0.322 e. The van der Waals surface area contributed by atoms with Crippen molar-refractivity contribution < 1.29 is 9.53 Å². The van der Waals surface area contributed by atoms with Crippen LogP contribution in [0.15, 0.2) is 18.2 Å². The van der Waals surface area contributed by atoms with Crippen molar-refractivity contribution in [1.29, 1.82) is 0 Å². The van der Waals surface area contributed by atoms with Crippen LogP contribution >= 0.6 is 0 Å². The number of ether oxygens (including phenoxy) is 1. The lowest BCUT2D eigenvalue weighted by atomic mass is 9.94. The number of carbonyl (C=O) groups excluding carboxylic acids is 1. The fraction of sp³-hybridized carbons (Fsp3) is 0.562. The third-order valence-corrected chi connectivity index (χ3v) is 3.37. The second-order valence-electron chi connectivity index (χ2n) is 6.59. The van der Waals surface area contributed by atoms with Crippen LogP contribution in [0.3, 0.4) is 0 Å². The maximum Gasteiger partial charge on any atom is 0.322 e. The first-order valence-corrected chi connectivity index (χ1v) is 7.07. The molecule has 0 fully saturated rings. The molecule has 1 unspecified atom stereocenters. The molecule has 1 heterocycles. The molecule has 2 rings (SSSR count). The van der Waals surface area contributed by atoms with E-state index in [1.165, 1.54) is 5.56 Å². The molecule has 110 valence electrons. The van der Waals surface area contributed by atoms with Crippen molar-refractivity contribution in [3.8, 4) is 5.75 Å². The van der Waals surface area contributed by atoms with Crippen molar-refractivity contribution in [3.05, 3.63) is 23.8 Å². The van der Waals surface area contributed by atoms with Crippen molar-refractivity contribution in [3.63, 3.8) is 0 Å². The second-order valence-corrected chi connectivity index (χ2v) is 6.59. The lowest BCUT2D eigenvalue weighted by Gasteiger charge is -2.35. The molecule has 1 aliphatic heterocycles. The third-order valence-electron chi connectivity index (χ3n) is 3.37. The van der Waals surface area contributed by atoms with Crippen LogP contribution in [0, 0.1) is 5.92 Å². The van der Waals surface area contributed by atoms with E-state index >= 15 is 0 Å². The molecule has 1 aliphatic rings. The van der Waals surface area contributed by atoms with E-state index < -0.39 is 0 Å². The van der Waals surface area contributed by atoms with Gasteiger partial charge in [0.05, 0.1) is 12.8 Å².